The standard InChI is InChI=1S/C14H24N2O2/c15-13-11-2-1-10(7-11)12(13)14(17)16-5-3-9-4-6-18-8-9/h9-13H,1-8,15H2,(H,16,17). The maximum absolute atomic E-state index is 12.2. The van der Waals surface area contributed by atoms with Crippen molar-refractivity contribution in [2.24, 2.45) is 29.4 Å². The van der Waals surface area contributed by atoms with Crippen molar-refractivity contribution in [2.75, 3.05) is 19.8 Å². The Hall–Kier alpha value is -0.610. The summed E-state index contributed by atoms with van der Waals surface area (Å²) in [6.45, 7) is 2.53. The molecule has 5 atom stereocenters. The molecule has 0 aromatic carbocycles. The van der Waals surface area contributed by atoms with Gasteiger partial charge in [0.2, 0.25) is 5.91 Å². The molecular formula is C14H24N2O2. The molecular weight excluding hydrogens is 228 g/mol. The summed E-state index contributed by atoms with van der Waals surface area (Å²) in [6.07, 6.45) is 5.79. The minimum Gasteiger partial charge on any atom is -0.381 e. The van der Waals surface area contributed by atoms with Crippen LogP contribution in [0.4, 0.5) is 0 Å². The van der Waals surface area contributed by atoms with Crippen LogP contribution in [0, 0.1) is 23.7 Å². The van der Waals surface area contributed by atoms with Gasteiger partial charge in [-0.2, -0.15) is 0 Å². The highest BCUT2D eigenvalue weighted by Crippen LogP contribution is 2.47. The van der Waals surface area contributed by atoms with Gasteiger partial charge in [-0.05, 0) is 49.9 Å². The molecule has 2 aliphatic carbocycles. The van der Waals surface area contributed by atoms with Gasteiger partial charge in [0.05, 0.1) is 5.92 Å². The molecule has 3 fully saturated rings. The van der Waals surface area contributed by atoms with E-state index in [1.54, 1.807) is 0 Å². The number of amides is 1. The highest BCUT2D eigenvalue weighted by Gasteiger charge is 2.48. The molecule has 1 saturated heterocycles. The number of nitrogens with one attached hydrogen (secondary N) is 1. The molecule has 102 valence electrons. The minimum absolute atomic E-state index is 0.0866. The molecule has 18 heavy (non-hydrogen) atoms. The lowest BCUT2D eigenvalue weighted by Gasteiger charge is -2.27. The third-order valence-corrected chi connectivity index (χ3v) is 5.16. The zero-order chi connectivity index (χ0) is 12.5. The number of rotatable bonds is 4. The highest BCUT2D eigenvalue weighted by molar-refractivity contribution is 5.80. The molecule has 0 aromatic rings. The van der Waals surface area contributed by atoms with E-state index in [-0.39, 0.29) is 17.9 Å². The maximum atomic E-state index is 12.2. The number of ether oxygens (including phenoxy) is 1. The molecule has 1 heterocycles. The van der Waals surface area contributed by atoms with Crippen molar-refractivity contribution >= 4 is 5.91 Å². The summed E-state index contributed by atoms with van der Waals surface area (Å²) in [6, 6.07) is 0.110. The molecule has 4 heteroatoms. The molecule has 5 unspecified atom stereocenters. The van der Waals surface area contributed by atoms with E-state index in [1.165, 1.54) is 19.3 Å². The van der Waals surface area contributed by atoms with Gasteiger partial charge >= 0.3 is 0 Å². The van der Waals surface area contributed by atoms with Gasteiger partial charge in [-0.25, -0.2) is 0 Å². The Morgan fingerprint density at radius 1 is 1.28 bits per heavy atom. The number of carbonyl (C=O) groups excluding carboxylic acids is 1. The van der Waals surface area contributed by atoms with Crippen molar-refractivity contribution in [3.8, 4) is 0 Å². The first kappa shape index (κ1) is 12.4. The Bertz CT molecular complexity index is 313. The van der Waals surface area contributed by atoms with Gasteiger partial charge in [-0.15, -0.1) is 0 Å². The maximum Gasteiger partial charge on any atom is 0.224 e. The molecule has 3 rings (SSSR count). The second-order valence-corrected chi connectivity index (χ2v) is 6.25. The predicted octanol–water partition coefficient (Wildman–Crippen LogP) is 0.903. The average Bonchev–Trinajstić information content (AvgIpc) is 3.03. The van der Waals surface area contributed by atoms with E-state index in [0.717, 1.165) is 32.6 Å². The van der Waals surface area contributed by atoms with Gasteiger partial charge in [0.15, 0.2) is 0 Å². The SMILES string of the molecule is NC1C2CCC(C2)C1C(=O)NCCC1CCOC1. The largest absolute Gasteiger partial charge is 0.381 e. The quantitative estimate of drug-likeness (QED) is 0.781. The number of nitrogens with two attached hydrogens (primary N) is 1. The molecule has 0 radical (unpaired) electrons. The van der Waals surface area contributed by atoms with Crippen LogP contribution in [0.2, 0.25) is 0 Å². The van der Waals surface area contributed by atoms with Crippen molar-refractivity contribution in [1.82, 2.24) is 5.32 Å². The molecule has 0 spiro atoms. The lowest BCUT2D eigenvalue weighted by atomic mass is 9.84. The van der Waals surface area contributed by atoms with Crippen LogP contribution in [-0.2, 0) is 9.53 Å². The number of hydrogen-bond acceptors (Lipinski definition) is 3. The summed E-state index contributed by atoms with van der Waals surface area (Å²) in [5.74, 6) is 2.09. The third kappa shape index (κ3) is 2.28. The fourth-order valence-electron chi connectivity index (χ4n) is 4.05. The molecule has 1 aliphatic heterocycles. The van der Waals surface area contributed by atoms with Crippen molar-refractivity contribution in [2.45, 2.75) is 38.1 Å². The van der Waals surface area contributed by atoms with E-state index in [9.17, 15) is 4.79 Å². The molecule has 2 saturated carbocycles. The van der Waals surface area contributed by atoms with Gasteiger partial charge in [-0.3, -0.25) is 4.79 Å². The third-order valence-electron chi connectivity index (χ3n) is 5.16. The molecule has 0 aromatic heterocycles. The van der Waals surface area contributed by atoms with E-state index < -0.39 is 0 Å². The van der Waals surface area contributed by atoms with E-state index in [0.29, 0.717) is 17.8 Å². The minimum atomic E-state index is 0.0866. The lowest BCUT2D eigenvalue weighted by molar-refractivity contribution is -0.127. The van der Waals surface area contributed by atoms with Crippen LogP contribution in [0.1, 0.15) is 32.1 Å². The fourth-order valence-corrected chi connectivity index (χ4v) is 4.05. The Kier molecular flexibility index (Phi) is 3.57. The van der Waals surface area contributed by atoms with Crippen molar-refractivity contribution < 1.29 is 9.53 Å². The van der Waals surface area contributed by atoms with Crippen LogP contribution in [0.5, 0.6) is 0 Å². The smallest absolute Gasteiger partial charge is 0.224 e. The van der Waals surface area contributed by atoms with E-state index in [4.69, 9.17) is 10.5 Å². The zero-order valence-corrected chi connectivity index (χ0v) is 10.9. The van der Waals surface area contributed by atoms with Gasteiger partial charge in [0.1, 0.15) is 0 Å². The van der Waals surface area contributed by atoms with Crippen LogP contribution < -0.4 is 11.1 Å². The van der Waals surface area contributed by atoms with Crippen molar-refractivity contribution in [1.29, 1.82) is 0 Å². The Balaban J connectivity index is 1.44. The second kappa shape index (κ2) is 5.17. The fraction of sp³-hybridized carbons (Fsp3) is 0.929. The van der Waals surface area contributed by atoms with E-state index in [2.05, 4.69) is 5.32 Å². The topological polar surface area (TPSA) is 64.4 Å². The Labute approximate surface area is 109 Å². The molecule has 3 N–H and O–H groups in total. The van der Waals surface area contributed by atoms with Crippen LogP contribution in [0.15, 0.2) is 0 Å². The summed E-state index contributed by atoms with van der Waals surface area (Å²) < 4.78 is 5.34. The van der Waals surface area contributed by atoms with Crippen LogP contribution in [-0.4, -0.2) is 31.7 Å². The van der Waals surface area contributed by atoms with Gasteiger partial charge in [0.25, 0.3) is 0 Å². The number of fused-ring (bicyclic) bond motifs is 2. The monoisotopic (exact) mass is 252 g/mol. The first-order chi connectivity index (χ1) is 8.75. The zero-order valence-electron chi connectivity index (χ0n) is 10.9. The van der Waals surface area contributed by atoms with Crippen LogP contribution in [0.25, 0.3) is 0 Å². The first-order valence-corrected chi connectivity index (χ1v) is 7.36. The Morgan fingerprint density at radius 3 is 2.78 bits per heavy atom. The summed E-state index contributed by atoms with van der Waals surface area (Å²) in [4.78, 5) is 12.2. The lowest BCUT2D eigenvalue weighted by Crippen LogP contribution is -2.45. The van der Waals surface area contributed by atoms with E-state index in [1.807, 2.05) is 0 Å². The van der Waals surface area contributed by atoms with Gasteiger partial charge in [-0.1, -0.05) is 0 Å². The van der Waals surface area contributed by atoms with Crippen molar-refractivity contribution in [3.63, 3.8) is 0 Å². The molecule has 2 bridgehead atoms. The van der Waals surface area contributed by atoms with Crippen LogP contribution in [0.3, 0.4) is 0 Å². The summed E-state index contributed by atoms with van der Waals surface area (Å²) in [5.41, 5.74) is 6.18. The van der Waals surface area contributed by atoms with Crippen molar-refractivity contribution in [3.05, 3.63) is 0 Å². The molecule has 3 aliphatic rings. The summed E-state index contributed by atoms with van der Waals surface area (Å²) >= 11 is 0. The first-order valence-electron chi connectivity index (χ1n) is 7.36. The second-order valence-electron chi connectivity index (χ2n) is 6.25. The number of carbonyl (C=O) groups is 1. The highest BCUT2D eigenvalue weighted by atomic mass is 16.5. The normalized spacial score (nSPS) is 42.4. The molecule has 1 amide bonds. The number of hydrogen-bond donors (Lipinski definition) is 2. The Morgan fingerprint density at radius 2 is 2.11 bits per heavy atom. The average molecular weight is 252 g/mol. The molecule has 4 nitrogen and oxygen atoms in total. The van der Waals surface area contributed by atoms with Gasteiger partial charge < -0.3 is 15.8 Å². The summed E-state index contributed by atoms with van der Waals surface area (Å²) in [7, 11) is 0. The summed E-state index contributed by atoms with van der Waals surface area (Å²) in [5, 5.41) is 3.09. The van der Waals surface area contributed by atoms with E-state index >= 15 is 0 Å². The predicted molar refractivity (Wildman–Crippen MR) is 68.8 cm³/mol. The van der Waals surface area contributed by atoms with Gasteiger partial charge in [0, 0.05) is 25.8 Å². The van der Waals surface area contributed by atoms with Crippen LogP contribution >= 0.6 is 0 Å².